The number of tetrazole rings is 1. The van der Waals surface area contributed by atoms with Crippen LogP contribution in [0.4, 0.5) is 0 Å². The van der Waals surface area contributed by atoms with E-state index in [2.05, 4.69) is 20.7 Å². The molecule has 1 saturated heterocycles. The molecule has 1 aliphatic rings. The van der Waals surface area contributed by atoms with E-state index in [1.165, 1.54) is 24.7 Å². The van der Waals surface area contributed by atoms with Crippen molar-refractivity contribution in [3.63, 3.8) is 0 Å². The van der Waals surface area contributed by atoms with Gasteiger partial charge < -0.3 is 5.32 Å². The van der Waals surface area contributed by atoms with E-state index in [4.69, 9.17) is 11.6 Å². The highest BCUT2D eigenvalue weighted by Gasteiger charge is 2.28. The highest BCUT2D eigenvalue weighted by atomic mass is 35.5. The molecule has 0 radical (unpaired) electrons. The lowest BCUT2D eigenvalue weighted by Gasteiger charge is -2.30. The number of benzene rings is 1. The minimum Gasteiger partial charge on any atom is -0.316 e. The van der Waals surface area contributed by atoms with E-state index in [1.54, 1.807) is 4.80 Å². The monoisotopic (exact) mass is 277 g/mol. The molecule has 5 nitrogen and oxygen atoms in total. The Labute approximate surface area is 117 Å². The van der Waals surface area contributed by atoms with Crippen molar-refractivity contribution in [2.45, 2.75) is 18.9 Å². The summed E-state index contributed by atoms with van der Waals surface area (Å²) in [6.07, 6.45) is 3.84. The summed E-state index contributed by atoms with van der Waals surface area (Å²) in [4.78, 5) is 1.71. The van der Waals surface area contributed by atoms with Crippen LogP contribution >= 0.6 is 11.6 Å². The van der Waals surface area contributed by atoms with E-state index in [9.17, 15) is 0 Å². The lowest BCUT2D eigenvalue weighted by Crippen LogP contribution is -2.36. The van der Waals surface area contributed by atoms with Crippen LogP contribution in [0.1, 0.15) is 24.4 Å². The van der Waals surface area contributed by atoms with Gasteiger partial charge in [0, 0.05) is 11.6 Å². The van der Waals surface area contributed by atoms with E-state index < -0.39 is 0 Å². The third kappa shape index (κ3) is 2.77. The van der Waals surface area contributed by atoms with Crippen LogP contribution in [0, 0.1) is 5.92 Å². The first-order valence-electron chi connectivity index (χ1n) is 6.53. The Balaban J connectivity index is 1.93. The summed E-state index contributed by atoms with van der Waals surface area (Å²) in [6.45, 7) is 2.07. The molecule has 3 rings (SSSR count). The molecule has 0 spiro atoms. The quantitative estimate of drug-likeness (QED) is 0.931. The van der Waals surface area contributed by atoms with Gasteiger partial charge in [-0.3, -0.25) is 0 Å². The molecular formula is C13H16ClN5. The smallest absolute Gasteiger partial charge is 0.162 e. The molecule has 1 aromatic carbocycles. The highest BCUT2D eigenvalue weighted by molar-refractivity contribution is 6.30. The van der Waals surface area contributed by atoms with Crippen molar-refractivity contribution < 1.29 is 0 Å². The van der Waals surface area contributed by atoms with Crippen LogP contribution in [0.2, 0.25) is 5.02 Å². The van der Waals surface area contributed by atoms with E-state index >= 15 is 0 Å². The Morgan fingerprint density at radius 2 is 2.16 bits per heavy atom. The minimum atomic E-state index is 0.118. The number of nitrogens with one attached hydrogen (secondary N) is 1. The molecule has 2 heterocycles. The van der Waals surface area contributed by atoms with Crippen LogP contribution in [0.5, 0.6) is 0 Å². The molecule has 0 saturated carbocycles. The number of aromatic nitrogens is 4. The van der Waals surface area contributed by atoms with E-state index in [0.29, 0.717) is 5.92 Å². The van der Waals surface area contributed by atoms with Gasteiger partial charge in [0.25, 0.3) is 0 Å². The maximum Gasteiger partial charge on any atom is 0.162 e. The van der Waals surface area contributed by atoms with Gasteiger partial charge in [-0.1, -0.05) is 23.7 Å². The molecule has 6 heteroatoms. The third-order valence-corrected chi connectivity index (χ3v) is 3.86. The first-order chi connectivity index (χ1) is 9.34. The number of piperidine rings is 1. The normalized spacial score (nSPS) is 21.2. The van der Waals surface area contributed by atoms with Crippen molar-refractivity contribution >= 4 is 11.6 Å². The summed E-state index contributed by atoms with van der Waals surface area (Å²) in [6, 6.07) is 8.04. The number of hydrogen-bond donors (Lipinski definition) is 1. The maximum atomic E-state index is 5.96. The molecule has 1 aliphatic heterocycles. The fourth-order valence-corrected chi connectivity index (χ4v) is 2.83. The van der Waals surface area contributed by atoms with Crippen molar-refractivity contribution in [1.29, 1.82) is 0 Å². The summed E-state index contributed by atoms with van der Waals surface area (Å²) < 4.78 is 0. The number of halogens is 1. The number of rotatable bonds is 3. The average molecular weight is 278 g/mol. The lowest BCUT2D eigenvalue weighted by atomic mass is 9.87. The summed E-state index contributed by atoms with van der Waals surface area (Å²) in [5.74, 6) is 0.476. The maximum absolute atomic E-state index is 5.96. The van der Waals surface area contributed by atoms with Gasteiger partial charge in [0.2, 0.25) is 0 Å². The Hall–Kier alpha value is -1.46. The predicted molar refractivity (Wildman–Crippen MR) is 73.0 cm³/mol. The molecule has 0 bridgehead atoms. The molecule has 2 unspecified atom stereocenters. The summed E-state index contributed by atoms with van der Waals surface area (Å²) in [5.41, 5.74) is 1.18. The second-order valence-corrected chi connectivity index (χ2v) is 5.30. The van der Waals surface area contributed by atoms with Gasteiger partial charge in [-0.2, -0.15) is 4.80 Å². The van der Waals surface area contributed by atoms with Crippen molar-refractivity contribution in [3.05, 3.63) is 41.2 Å². The van der Waals surface area contributed by atoms with E-state index in [1.807, 2.05) is 24.3 Å². The van der Waals surface area contributed by atoms with Crippen LogP contribution in [0.25, 0.3) is 0 Å². The number of hydrogen-bond acceptors (Lipinski definition) is 4. The fourth-order valence-electron chi connectivity index (χ4n) is 2.70. The van der Waals surface area contributed by atoms with Gasteiger partial charge in [-0.15, -0.1) is 10.2 Å². The molecule has 1 fully saturated rings. The predicted octanol–water partition coefficient (Wildman–Crippen LogP) is 1.92. The Morgan fingerprint density at radius 3 is 2.79 bits per heavy atom. The summed E-state index contributed by atoms with van der Waals surface area (Å²) in [7, 11) is 0. The average Bonchev–Trinajstić information content (AvgIpc) is 2.96. The fraction of sp³-hybridized carbons (Fsp3) is 0.462. The second kappa shape index (κ2) is 5.67. The van der Waals surface area contributed by atoms with Crippen molar-refractivity contribution in [1.82, 2.24) is 25.5 Å². The van der Waals surface area contributed by atoms with Gasteiger partial charge in [-0.25, -0.2) is 0 Å². The van der Waals surface area contributed by atoms with Crippen molar-refractivity contribution in [2.75, 3.05) is 13.1 Å². The first-order valence-corrected chi connectivity index (χ1v) is 6.91. The zero-order valence-electron chi connectivity index (χ0n) is 10.5. The van der Waals surface area contributed by atoms with Crippen molar-refractivity contribution in [2.24, 2.45) is 5.92 Å². The summed E-state index contributed by atoms with van der Waals surface area (Å²) in [5, 5.41) is 16.3. The molecule has 1 N–H and O–H groups in total. The standard InChI is InChI=1S/C13H16ClN5/c14-12-5-3-10(4-6-12)13(19-17-9-16-18-19)11-2-1-7-15-8-11/h3-6,9,11,13,15H,1-2,7-8H2. The zero-order chi connectivity index (χ0) is 13.1. The largest absolute Gasteiger partial charge is 0.316 e. The van der Waals surface area contributed by atoms with Crippen LogP contribution in [-0.4, -0.2) is 33.3 Å². The minimum absolute atomic E-state index is 0.118. The van der Waals surface area contributed by atoms with E-state index in [0.717, 1.165) is 18.1 Å². The topological polar surface area (TPSA) is 55.6 Å². The number of nitrogens with zero attached hydrogens (tertiary/aromatic N) is 4. The Morgan fingerprint density at radius 1 is 1.32 bits per heavy atom. The Bertz CT molecular complexity index is 504. The zero-order valence-corrected chi connectivity index (χ0v) is 11.3. The first kappa shape index (κ1) is 12.6. The SMILES string of the molecule is Clc1ccc(C(C2CCCNC2)n2ncnn2)cc1. The molecule has 0 amide bonds. The molecule has 2 atom stereocenters. The van der Waals surface area contributed by atoms with Gasteiger partial charge in [0.05, 0.1) is 0 Å². The van der Waals surface area contributed by atoms with Gasteiger partial charge in [0.1, 0.15) is 6.04 Å². The third-order valence-electron chi connectivity index (χ3n) is 3.61. The lowest BCUT2D eigenvalue weighted by molar-refractivity contribution is 0.261. The molecular weight excluding hydrogens is 262 g/mol. The van der Waals surface area contributed by atoms with Crippen molar-refractivity contribution in [3.8, 4) is 0 Å². The molecule has 100 valence electrons. The van der Waals surface area contributed by atoms with Gasteiger partial charge in [-0.05, 0) is 48.2 Å². The highest BCUT2D eigenvalue weighted by Crippen LogP contribution is 2.30. The molecule has 2 aromatic rings. The summed E-state index contributed by atoms with van der Waals surface area (Å²) >= 11 is 5.96. The van der Waals surface area contributed by atoms with Crippen LogP contribution < -0.4 is 5.32 Å². The van der Waals surface area contributed by atoms with E-state index in [-0.39, 0.29) is 6.04 Å². The second-order valence-electron chi connectivity index (χ2n) is 4.86. The Kier molecular flexibility index (Phi) is 3.75. The van der Waals surface area contributed by atoms with Gasteiger partial charge >= 0.3 is 0 Å². The molecule has 1 aromatic heterocycles. The van der Waals surface area contributed by atoms with Crippen LogP contribution in [0.15, 0.2) is 30.6 Å². The van der Waals surface area contributed by atoms with Gasteiger partial charge in [0.15, 0.2) is 6.33 Å². The van der Waals surface area contributed by atoms with Crippen LogP contribution in [-0.2, 0) is 0 Å². The van der Waals surface area contributed by atoms with Crippen LogP contribution in [0.3, 0.4) is 0 Å². The molecule has 19 heavy (non-hydrogen) atoms. The molecule has 0 aliphatic carbocycles.